The first-order chi connectivity index (χ1) is 14.1. The Morgan fingerprint density at radius 2 is 2.10 bits per heavy atom. The molecule has 9 heteroatoms. The van der Waals surface area contributed by atoms with Crippen molar-refractivity contribution in [1.82, 2.24) is 14.9 Å². The van der Waals surface area contributed by atoms with Crippen molar-refractivity contribution >= 4 is 23.6 Å². The molecule has 0 aliphatic carbocycles. The van der Waals surface area contributed by atoms with Crippen LogP contribution in [0.25, 0.3) is 11.3 Å². The summed E-state index contributed by atoms with van der Waals surface area (Å²) >= 11 is 6.22. The van der Waals surface area contributed by atoms with Crippen LogP contribution in [0.1, 0.15) is 32.8 Å². The lowest BCUT2D eigenvalue weighted by Gasteiger charge is -2.25. The van der Waals surface area contributed by atoms with Crippen molar-refractivity contribution in [2.45, 2.75) is 38.5 Å². The monoisotopic (exact) mass is 431 g/mol. The molecule has 1 aliphatic heterocycles. The van der Waals surface area contributed by atoms with Crippen LogP contribution in [0.5, 0.6) is 0 Å². The summed E-state index contributed by atoms with van der Waals surface area (Å²) in [7, 11) is 0. The number of nitriles is 1. The molecule has 0 radical (unpaired) electrons. The molecule has 3 rings (SSSR count). The Morgan fingerprint density at radius 3 is 2.73 bits per heavy atom. The zero-order chi connectivity index (χ0) is 21.9. The third-order valence-electron chi connectivity index (χ3n) is 4.55. The Balaban J connectivity index is 1.66. The van der Waals surface area contributed by atoms with E-state index in [1.54, 1.807) is 45.0 Å². The fraction of sp³-hybridized carbons (Fsp3) is 0.429. The fourth-order valence-corrected chi connectivity index (χ4v) is 3.26. The SMILES string of the molecule is CC(C)(C)OC(=O)N1CCC(F)(CNc2ncc(Cl)c(-c3ccc(C#N)cc3)n2)C1. The molecular formula is C21H23ClFN5O2. The normalized spacial score (nSPS) is 18.7. The molecule has 0 spiro atoms. The van der Waals surface area contributed by atoms with Crippen molar-refractivity contribution in [2.75, 3.05) is 25.0 Å². The molecule has 0 saturated carbocycles. The van der Waals surface area contributed by atoms with Crippen LogP contribution >= 0.6 is 11.6 Å². The molecule has 2 heterocycles. The zero-order valence-electron chi connectivity index (χ0n) is 17.1. The number of halogens is 2. The van der Waals surface area contributed by atoms with Gasteiger partial charge in [0.1, 0.15) is 11.3 Å². The van der Waals surface area contributed by atoms with Crippen LogP contribution < -0.4 is 5.32 Å². The maximum absolute atomic E-state index is 15.2. The van der Waals surface area contributed by atoms with Crippen molar-refractivity contribution < 1.29 is 13.9 Å². The molecule has 1 aromatic heterocycles. The summed E-state index contributed by atoms with van der Waals surface area (Å²) < 4.78 is 20.5. The summed E-state index contributed by atoms with van der Waals surface area (Å²) in [6.45, 7) is 5.48. The van der Waals surface area contributed by atoms with Crippen LogP contribution in [0.15, 0.2) is 30.5 Å². The van der Waals surface area contributed by atoms with Crippen molar-refractivity contribution in [2.24, 2.45) is 0 Å². The average molecular weight is 432 g/mol. The minimum atomic E-state index is -1.62. The molecule has 7 nitrogen and oxygen atoms in total. The molecule has 1 aromatic carbocycles. The molecule has 0 bridgehead atoms. The van der Waals surface area contributed by atoms with Crippen LogP contribution in [-0.2, 0) is 4.74 Å². The number of amides is 1. The number of aromatic nitrogens is 2. The maximum Gasteiger partial charge on any atom is 0.410 e. The molecule has 1 N–H and O–H groups in total. The predicted octanol–water partition coefficient (Wildman–Crippen LogP) is 4.43. The Hall–Kier alpha value is -2.92. The smallest absolute Gasteiger partial charge is 0.410 e. The quantitative estimate of drug-likeness (QED) is 0.770. The molecule has 1 amide bonds. The summed E-state index contributed by atoms with van der Waals surface area (Å²) in [5.74, 6) is 0.228. The molecule has 158 valence electrons. The zero-order valence-corrected chi connectivity index (χ0v) is 17.8. The summed E-state index contributed by atoms with van der Waals surface area (Å²) in [5.41, 5.74) is -0.521. The highest BCUT2D eigenvalue weighted by Gasteiger charge is 2.41. The van der Waals surface area contributed by atoms with E-state index >= 15 is 4.39 Å². The lowest BCUT2D eigenvalue weighted by molar-refractivity contribution is 0.0263. The number of likely N-dealkylation sites (tertiary alicyclic amines) is 1. The number of benzene rings is 1. The summed E-state index contributed by atoms with van der Waals surface area (Å²) in [5, 5.41) is 12.2. The first-order valence-corrected chi connectivity index (χ1v) is 9.90. The van der Waals surface area contributed by atoms with E-state index in [9.17, 15) is 4.79 Å². The minimum absolute atomic E-state index is 0.0548. The van der Waals surface area contributed by atoms with Gasteiger partial charge in [0.2, 0.25) is 5.95 Å². The lowest BCUT2D eigenvalue weighted by atomic mass is 10.1. The number of hydrogen-bond acceptors (Lipinski definition) is 6. The van der Waals surface area contributed by atoms with E-state index in [-0.39, 0.29) is 32.0 Å². The largest absolute Gasteiger partial charge is 0.444 e. The molecule has 1 fully saturated rings. The topological polar surface area (TPSA) is 91.1 Å². The minimum Gasteiger partial charge on any atom is -0.444 e. The summed E-state index contributed by atoms with van der Waals surface area (Å²) in [6.07, 6.45) is 1.11. The highest BCUT2D eigenvalue weighted by atomic mass is 35.5. The first-order valence-electron chi connectivity index (χ1n) is 9.52. The van der Waals surface area contributed by atoms with Crippen LogP contribution in [0.4, 0.5) is 15.1 Å². The van der Waals surface area contributed by atoms with E-state index in [1.807, 2.05) is 0 Å². The number of hydrogen-bond donors (Lipinski definition) is 1. The molecule has 30 heavy (non-hydrogen) atoms. The Bertz CT molecular complexity index is 971. The second-order valence-electron chi connectivity index (χ2n) is 8.24. The van der Waals surface area contributed by atoms with Gasteiger partial charge in [-0.05, 0) is 32.9 Å². The van der Waals surface area contributed by atoms with Gasteiger partial charge in [0.05, 0.1) is 41.6 Å². The van der Waals surface area contributed by atoms with Crippen LogP contribution in [0.2, 0.25) is 5.02 Å². The van der Waals surface area contributed by atoms with Crippen LogP contribution in [0, 0.1) is 11.3 Å². The van der Waals surface area contributed by atoms with Gasteiger partial charge in [-0.25, -0.2) is 19.2 Å². The number of ether oxygens (including phenoxy) is 1. The van der Waals surface area contributed by atoms with Gasteiger partial charge < -0.3 is 15.0 Å². The number of nitrogens with zero attached hydrogens (tertiary/aromatic N) is 4. The van der Waals surface area contributed by atoms with Crippen molar-refractivity contribution in [3.8, 4) is 17.3 Å². The van der Waals surface area contributed by atoms with Gasteiger partial charge >= 0.3 is 6.09 Å². The number of carbonyl (C=O) groups excluding carboxylic acids is 1. The highest BCUT2D eigenvalue weighted by Crippen LogP contribution is 2.29. The maximum atomic E-state index is 15.2. The van der Waals surface area contributed by atoms with E-state index in [0.717, 1.165) is 5.56 Å². The van der Waals surface area contributed by atoms with Gasteiger partial charge in [0, 0.05) is 18.5 Å². The first kappa shape index (κ1) is 21.8. The van der Waals surface area contributed by atoms with E-state index < -0.39 is 17.4 Å². The standard InChI is InChI=1S/C21H23ClFN5O2/c1-20(2,3)30-19(29)28-9-8-21(23,13-28)12-26-18-25-11-16(22)17(27-18)15-6-4-14(10-24)5-7-15/h4-7,11H,8-9,12-13H2,1-3H3,(H,25,26,27). The number of alkyl halides is 1. The number of nitrogens with one attached hydrogen (secondary N) is 1. The predicted molar refractivity (Wildman–Crippen MR) is 112 cm³/mol. The van der Waals surface area contributed by atoms with Gasteiger partial charge in [-0.1, -0.05) is 23.7 Å². The van der Waals surface area contributed by atoms with Gasteiger partial charge in [-0.3, -0.25) is 0 Å². The van der Waals surface area contributed by atoms with Gasteiger partial charge in [0.25, 0.3) is 0 Å². The molecule has 1 saturated heterocycles. The van der Waals surface area contributed by atoms with E-state index in [4.69, 9.17) is 21.6 Å². The van der Waals surface area contributed by atoms with E-state index in [2.05, 4.69) is 21.4 Å². The van der Waals surface area contributed by atoms with Gasteiger partial charge in [0.15, 0.2) is 0 Å². The van der Waals surface area contributed by atoms with Gasteiger partial charge in [-0.15, -0.1) is 0 Å². The second-order valence-corrected chi connectivity index (χ2v) is 8.64. The Kier molecular flexibility index (Phi) is 6.13. The summed E-state index contributed by atoms with van der Waals surface area (Å²) in [4.78, 5) is 22.0. The van der Waals surface area contributed by atoms with Crippen LogP contribution in [-0.4, -0.2) is 51.9 Å². The molecule has 2 aromatic rings. The molecule has 1 atom stereocenters. The van der Waals surface area contributed by atoms with Crippen molar-refractivity contribution in [3.63, 3.8) is 0 Å². The fourth-order valence-electron chi connectivity index (χ4n) is 3.06. The summed E-state index contributed by atoms with van der Waals surface area (Å²) in [6, 6.07) is 8.87. The second kappa shape index (κ2) is 8.44. The Labute approximate surface area is 179 Å². The highest BCUT2D eigenvalue weighted by molar-refractivity contribution is 6.32. The van der Waals surface area contributed by atoms with E-state index in [1.165, 1.54) is 11.1 Å². The third kappa shape index (κ3) is 5.36. The number of anilines is 1. The van der Waals surface area contributed by atoms with E-state index in [0.29, 0.717) is 16.3 Å². The van der Waals surface area contributed by atoms with Crippen LogP contribution in [0.3, 0.4) is 0 Å². The average Bonchev–Trinajstić information content (AvgIpc) is 3.09. The molecule has 1 aliphatic rings. The van der Waals surface area contributed by atoms with Crippen molar-refractivity contribution in [3.05, 3.63) is 41.0 Å². The van der Waals surface area contributed by atoms with Gasteiger partial charge in [-0.2, -0.15) is 5.26 Å². The van der Waals surface area contributed by atoms with Crippen molar-refractivity contribution in [1.29, 1.82) is 5.26 Å². The lowest BCUT2D eigenvalue weighted by Crippen LogP contribution is -2.40. The third-order valence-corrected chi connectivity index (χ3v) is 4.83. The number of carbonyl (C=O) groups is 1. The molecular weight excluding hydrogens is 409 g/mol. The number of rotatable bonds is 4. The Morgan fingerprint density at radius 1 is 1.40 bits per heavy atom. The molecule has 1 unspecified atom stereocenters.